The second-order valence-corrected chi connectivity index (χ2v) is 8.23. The van der Waals surface area contributed by atoms with Crippen molar-refractivity contribution in [3.63, 3.8) is 0 Å². The molecule has 0 amide bonds. The van der Waals surface area contributed by atoms with Crippen molar-refractivity contribution >= 4 is 45.5 Å². The van der Waals surface area contributed by atoms with Gasteiger partial charge >= 0.3 is 0 Å². The zero-order chi connectivity index (χ0) is 21.7. The Morgan fingerprint density at radius 2 is 1.13 bits per heavy atom. The van der Waals surface area contributed by atoms with Gasteiger partial charge in [0.05, 0.1) is 25.7 Å². The monoisotopic (exact) mass is 452 g/mol. The van der Waals surface area contributed by atoms with Crippen molar-refractivity contribution in [1.29, 1.82) is 0 Å². The number of hydrogen-bond donors (Lipinski definition) is 0. The standard InChI is InChI=1S/C21H18Cl2N8/c1-11-4-12(2)15(6-31-10-29-17-19(23)25-8-27-21(17)31)13(3)14(11)5-30-9-28-16-18(22)24-7-26-20(16)30/h4,7-10H,5-6H2,1-3H3. The van der Waals surface area contributed by atoms with Crippen molar-refractivity contribution in [1.82, 2.24) is 39.0 Å². The summed E-state index contributed by atoms with van der Waals surface area (Å²) in [6.07, 6.45) is 6.43. The normalized spacial score (nSPS) is 11.6. The van der Waals surface area contributed by atoms with Crippen molar-refractivity contribution in [3.05, 3.63) is 69.5 Å². The highest BCUT2D eigenvalue weighted by Crippen LogP contribution is 2.27. The van der Waals surface area contributed by atoms with Crippen LogP contribution in [-0.2, 0) is 13.1 Å². The molecule has 0 saturated carbocycles. The van der Waals surface area contributed by atoms with Crippen molar-refractivity contribution in [2.75, 3.05) is 0 Å². The van der Waals surface area contributed by atoms with E-state index in [1.54, 1.807) is 12.7 Å². The molecular weight excluding hydrogens is 435 g/mol. The summed E-state index contributed by atoms with van der Waals surface area (Å²) in [5.41, 5.74) is 8.70. The molecule has 0 spiro atoms. The molecule has 0 atom stereocenters. The molecule has 0 aliphatic carbocycles. The fourth-order valence-corrected chi connectivity index (χ4v) is 4.39. The Kier molecular flexibility index (Phi) is 4.83. The van der Waals surface area contributed by atoms with Gasteiger partial charge in [-0.3, -0.25) is 0 Å². The van der Waals surface area contributed by atoms with Crippen LogP contribution in [0.2, 0.25) is 10.3 Å². The second kappa shape index (κ2) is 7.55. The lowest BCUT2D eigenvalue weighted by Gasteiger charge is -2.18. The fourth-order valence-electron chi connectivity index (χ4n) is 4.04. The van der Waals surface area contributed by atoms with Crippen LogP contribution >= 0.6 is 23.2 Å². The van der Waals surface area contributed by atoms with Gasteiger partial charge in [0.1, 0.15) is 23.7 Å². The molecule has 0 aliphatic heterocycles. The molecule has 156 valence electrons. The summed E-state index contributed by atoms with van der Waals surface area (Å²) in [6.45, 7) is 7.66. The van der Waals surface area contributed by atoms with Gasteiger partial charge in [-0.25, -0.2) is 29.9 Å². The van der Waals surface area contributed by atoms with Gasteiger partial charge in [0.15, 0.2) is 21.6 Å². The zero-order valence-corrected chi connectivity index (χ0v) is 18.6. The van der Waals surface area contributed by atoms with E-state index >= 15 is 0 Å². The predicted molar refractivity (Wildman–Crippen MR) is 120 cm³/mol. The van der Waals surface area contributed by atoms with Gasteiger partial charge in [0, 0.05) is 0 Å². The minimum Gasteiger partial charge on any atom is -0.311 e. The highest BCUT2D eigenvalue weighted by molar-refractivity contribution is 6.33. The van der Waals surface area contributed by atoms with E-state index in [0.717, 1.165) is 0 Å². The third-order valence-electron chi connectivity index (χ3n) is 5.66. The summed E-state index contributed by atoms with van der Waals surface area (Å²) in [5, 5.41) is 0.712. The Balaban J connectivity index is 1.57. The first-order valence-electron chi connectivity index (χ1n) is 9.65. The van der Waals surface area contributed by atoms with Gasteiger partial charge in [-0.2, -0.15) is 0 Å². The second-order valence-electron chi connectivity index (χ2n) is 7.51. The maximum absolute atomic E-state index is 6.16. The molecule has 4 heterocycles. The van der Waals surface area contributed by atoms with Gasteiger partial charge in [-0.1, -0.05) is 29.3 Å². The molecule has 0 aliphatic rings. The average molecular weight is 453 g/mol. The van der Waals surface area contributed by atoms with E-state index in [1.165, 1.54) is 40.5 Å². The van der Waals surface area contributed by atoms with E-state index in [4.69, 9.17) is 23.2 Å². The average Bonchev–Trinajstić information content (AvgIpc) is 3.34. The number of rotatable bonds is 4. The van der Waals surface area contributed by atoms with Crippen molar-refractivity contribution in [2.24, 2.45) is 0 Å². The fraction of sp³-hybridized carbons (Fsp3) is 0.238. The largest absolute Gasteiger partial charge is 0.311 e. The quantitative estimate of drug-likeness (QED) is 0.377. The van der Waals surface area contributed by atoms with Crippen LogP contribution in [0.15, 0.2) is 31.4 Å². The molecule has 5 aromatic rings. The van der Waals surface area contributed by atoms with Gasteiger partial charge < -0.3 is 9.13 Å². The third-order valence-corrected chi connectivity index (χ3v) is 6.21. The summed E-state index contributed by atoms with van der Waals surface area (Å²) in [5.74, 6) is 0. The van der Waals surface area contributed by atoms with Crippen LogP contribution in [0.4, 0.5) is 0 Å². The first-order valence-corrected chi connectivity index (χ1v) is 10.4. The van der Waals surface area contributed by atoms with E-state index in [9.17, 15) is 0 Å². The first kappa shape index (κ1) is 19.8. The molecule has 1 aromatic carbocycles. The van der Waals surface area contributed by atoms with Crippen LogP contribution in [0.1, 0.15) is 27.8 Å². The van der Waals surface area contributed by atoms with Gasteiger partial charge in [-0.15, -0.1) is 0 Å². The molecule has 8 nitrogen and oxygen atoms in total. The van der Waals surface area contributed by atoms with Crippen LogP contribution in [0.3, 0.4) is 0 Å². The summed E-state index contributed by atoms with van der Waals surface area (Å²) in [7, 11) is 0. The van der Waals surface area contributed by atoms with Crippen molar-refractivity contribution < 1.29 is 0 Å². The number of benzene rings is 1. The smallest absolute Gasteiger partial charge is 0.165 e. The van der Waals surface area contributed by atoms with E-state index in [1.807, 2.05) is 9.13 Å². The SMILES string of the molecule is Cc1cc(C)c(Cn2cnc3c(Cl)ncnc32)c(C)c1Cn1cnc2c(Cl)ncnc21. The number of fused-ring (bicyclic) bond motifs is 2. The highest BCUT2D eigenvalue weighted by Gasteiger charge is 2.16. The molecule has 4 aromatic heterocycles. The molecular formula is C21H18Cl2N8. The predicted octanol–water partition coefficient (Wildman–Crippen LogP) is 4.29. The number of nitrogens with zero attached hydrogens (tertiary/aromatic N) is 8. The Labute approximate surface area is 187 Å². The van der Waals surface area contributed by atoms with Gasteiger partial charge in [0.2, 0.25) is 0 Å². The van der Waals surface area contributed by atoms with Crippen LogP contribution in [0.5, 0.6) is 0 Å². The summed E-state index contributed by atoms with van der Waals surface area (Å²) in [6, 6.07) is 2.21. The molecule has 0 fully saturated rings. The molecule has 31 heavy (non-hydrogen) atoms. The van der Waals surface area contributed by atoms with Crippen LogP contribution in [0, 0.1) is 20.8 Å². The Morgan fingerprint density at radius 1 is 0.677 bits per heavy atom. The Hall–Kier alpha value is -3.10. The summed E-state index contributed by atoms with van der Waals surface area (Å²) >= 11 is 12.3. The van der Waals surface area contributed by atoms with Crippen molar-refractivity contribution in [2.45, 2.75) is 33.9 Å². The minimum absolute atomic E-state index is 0.356. The van der Waals surface area contributed by atoms with E-state index < -0.39 is 0 Å². The molecule has 0 unspecified atom stereocenters. The summed E-state index contributed by atoms with van der Waals surface area (Å²) < 4.78 is 3.99. The van der Waals surface area contributed by atoms with E-state index in [-0.39, 0.29) is 0 Å². The lowest BCUT2D eigenvalue weighted by Crippen LogP contribution is -2.10. The first-order chi connectivity index (χ1) is 14.9. The van der Waals surface area contributed by atoms with Gasteiger partial charge in [-0.05, 0) is 48.6 Å². The molecule has 5 rings (SSSR count). The Bertz CT molecular complexity index is 1350. The maximum atomic E-state index is 6.16. The lowest BCUT2D eigenvalue weighted by atomic mass is 9.93. The molecule has 0 saturated heterocycles. The van der Waals surface area contributed by atoms with Crippen LogP contribution < -0.4 is 0 Å². The van der Waals surface area contributed by atoms with E-state index in [0.29, 0.717) is 45.7 Å². The van der Waals surface area contributed by atoms with Crippen LogP contribution in [-0.4, -0.2) is 39.0 Å². The third kappa shape index (κ3) is 3.32. The number of aromatic nitrogens is 8. The molecule has 10 heteroatoms. The summed E-state index contributed by atoms with van der Waals surface area (Å²) in [4.78, 5) is 25.5. The molecule has 0 N–H and O–H groups in total. The Morgan fingerprint density at radius 3 is 1.58 bits per heavy atom. The molecule has 0 radical (unpaired) electrons. The van der Waals surface area contributed by atoms with Crippen LogP contribution in [0.25, 0.3) is 22.3 Å². The van der Waals surface area contributed by atoms with E-state index in [2.05, 4.69) is 56.7 Å². The minimum atomic E-state index is 0.356. The number of halogens is 2. The zero-order valence-electron chi connectivity index (χ0n) is 17.1. The number of hydrogen-bond acceptors (Lipinski definition) is 6. The number of aryl methyl sites for hydroxylation is 2. The van der Waals surface area contributed by atoms with Crippen molar-refractivity contribution in [3.8, 4) is 0 Å². The van der Waals surface area contributed by atoms with Gasteiger partial charge in [0.25, 0.3) is 0 Å². The topological polar surface area (TPSA) is 87.2 Å². The molecule has 0 bridgehead atoms. The highest BCUT2D eigenvalue weighted by atomic mass is 35.5. The number of imidazole rings is 2. The lowest BCUT2D eigenvalue weighted by molar-refractivity contribution is 0.774. The maximum Gasteiger partial charge on any atom is 0.165 e.